The zero-order valence-electron chi connectivity index (χ0n) is 18.9. The van der Waals surface area contributed by atoms with E-state index in [1.54, 1.807) is 12.1 Å². The smallest absolute Gasteiger partial charge is 0.304 e. The normalized spacial score (nSPS) is 13.1. The maximum Gasteiger partial charge on any atom is 0.304 e. The number of carboxylic acid groups (broad SMARTS) is 1. The van der Waals surface area contributed by atoms with Crippen molar-refractivity contribution < 1.29 is 23.6 Å². The van der Waals surface area contributed by atoms with Crippen molar-refractivity contribution in [3.05, 3.63) is 53.3 Å². The Kier molecular flexibility index (Phi) is 6.60. The number of carboxylic acids is 1. The fraction of sp³-hybridized carbons (Fsp3) is 0.375. The van der Waals surface area contributed by atoms with Crippen molar-refractivity contribution in [2.45, 2.75) is 39.3 Å². The minimum Gasteiger partial charge on any atom is -0.491 e. The molecule has 0 spiro atoms. The van der Waals surface area contributed by atoms with Crippen LogP contribution in [0.15, 0.2) is 40.9 Å². The number of aromatic nitrogens is 2. The number of aliphatic carboxylic acids is 1. The second kappa shape index (κ2) is 9.58. The van der Waals surface area contributed by atoms with Crippen LogP contribution in [-0.2, 0) is 17.8 Å². The molecule has 0 saturated carbocycles. The summed E-state index contributed by atoms with van der Waals surface area (Å²) in [5.41, 5.74) is 3.49. The summed E-state index contributed by atoms with van der Waals surface area (Å²) in [5.74, 6) is -0.336. The molecule has 2 heterocycles. The van der Waals surface area contributed by atoms with Gasteiger partial charge < -0.3 is 24.2 Å². The third-order valence-corrected chi connectivity index (χ3v) is 5.40. The van der Waals surface area contributed by atoms with Crippen LogP contribution < -0.4 is 9.64 Å². The summed E-state index contributed by atoms with van der Waals surface area (Å²) in [4.78, 5) is 19.1. The first-order chi connectivity index (χ1) is 15.8. The molecule has 1 N–H and O–H groups in total. The molecule has 3 aromatic rings. The Morgan fingerprint density at radius 2 is 2.12 bits per heavy atom. The predicted molar refractivity (Wildman–Crippen MR) is 121 cm³/mol. The number of rotatable bonds is 9. The van der Waals surface area contributed by atoms with Crippen LogP contribution >= 0.6 is 0 Å². The van der Waals surface area contributed by atoms with Crippen LogP contribution in [0.2, 0.25) is 0 Å². The Labute approximate surface area is 191 Å². The van der Waals surface area contributed by atoms with E-state index in [4.69, 9.17) is 14.4 Å². The van der Waals surface area contributed by atoms with Gasteiger partial charge in [-0.05, 0) is 61.8 Å². The SMILES string of the molecule is CC(C)Oc1ccc(-c2nc(N3CCc4cc(CN(C)CCC(=O)O)ccc43)no2)c(F)c1. The van der Waals surface area contributed by atoms with Gasteiger partial charge in [-0.3, -0.25) is 4.79 Å². The molecule has 0 amide bonds. The minimum atomic E-state index is -0.800. The van der Waals surface area contributed by atoms with E-state index in [-0.39, 0.29) is 24.0 Å². The molecule has 0 aliphatic carbocycles. The molecule has 1 aliphatic rings. The summed E-state index contributed by atoms with van der Waals surface area (Å²) in [7, 11) is 1.91. The quantitative estimate of drug-likeness (QED) is 0.513. The van der Waals surface area contributed by atoms with Crippen LogP contribution in [0.5, 0.6) is 5.75 Å². The number of ether oxygens (including phenoxy) is 1. The third kappa shape index (κ3) is 5.31. The first-order valence-corrected chi connectivity index (χ1v) is 10.9. The van der Waals surface area contributed by atoms with E-state index in [1.165, 1.54) is 6.07 Å². The highest BCUT2D eigenvalue weighted by molar-refractivity contribution is 5.68. The molecule has 1 aromatic heterocycles. The van der Waals surface area contributed by atoms with Crippen molar-refractivity contribution in [2.75, 3.05) is 25.0 Å². The van der Waals surface area contributed by atoms with Crippen molar-refractivity contribution in [3.8, 4) is 17.2 Å². The maximum atomic E-state index is 14.6. The number of anilines is 2. The van der Waals surface area contributed by atoms with Crippen LogP contribution in [0.3, 0.4) is 0 Å². The standard InChI is InChI=1S/C24H27FN4O4/c1-15(2)32-18-5-6-19(20(25)13-18)23-26-24(27-33-23)29-11-8-17-12-16(4-7-21(17)29)14-28(3)10-9-22(30)31/h4-7,12-13,15H,8-11,14H2,1-3H3,(H,30,31). The average molecular weight is 455 g/mol. The Morgan fingerprint density at radius 3 is 2.85 bits per heavy atom. The van der Waals surface area contributed by atoms with Gasteiger partial charge in [0.25, 0.3) is 11.8 Å². The van der Waals surface area contributed by atoms with E-state index in [9.17, 15) is 9.18 Å². The lowest BCUT2D eigenvalue weighted by molar-refractivity contribution is -0.137. The molecule has 0 unspecified atom stereocenters. The zero-order chi connectivity index (χ0) is 23.5. The number of hydrogen-bond acceptors (Lipinski definition) is 7. The zero-order valence-corrected chi connectivity index (χ0v) is 18.9. The molecule has 0 saturated heterocycles. The molecular formula is C24H27FN4O4. The van der Waals surface area contributed by atoms with E-state index < -0.39 is 11.8 Å². The van der Waals surface area contributed by atoms with Gasteiger partial charge in [-0.1, -0.05) is 12.1 Å². The largest absolute Gasteiger partial charge is 0.491 e. The Bertz CT molecular complexity index is 1150. The van der Waals surface area contributed by atoms with Crippen molar-refractivity contribution in [3.63, 3.8) is 0 Å². The van der Waals surface area contributed by atoms with Gasteiger partial charge in [0.1, 0.15) is 11.6 Å². The molecule has 0 fully saturated rings. The average Bonchev–Trinajstić information content (AvgIpc) is 3.38. The number of carbonyl (C=O) groups is 1. The summed E-state index contributed by atoms with van der Waals surface area (Å²) in [6.07, 6.45) is 0.886. The fourth-order valence-corrected chi connectivity index (χ4v) is 3.89. The summed E-state index contributed by atoms with van der Waals surface area (Å²) < 4.78 is 25.5. The monoisotopic (exact) mass is 454 g/mol. The van der Waals surface area contributed by atoms with Gasteiger partial charge in [-0.2, -0.15) is 4.98 Å². The second-order valence-electron chi connectivity index (χ2n) is 8.45. The Balaban J connectivity index is 1.48. The topological polar surface area (TPSA) is 91.9 Å². The van der Waals surface area contributed by atoms with Gasteiger partial charge >= 0.3 is 5.97 Å². The molecule has 33 heavy (non-hydrogen) atoms. The van der Waals surface area contributed by atoms with Crippen LogP contribution in [0.25, 0.3) is 11.5 Å². The van der Waals surface area contributed by atoms with Crippen molar-refractivity contribution >= 4 is 17.6 Å². The number of hydrogen-bond donors (Lipinski definition) is 1. The van der Waals surface area contributed by atoms with Gasteiger partial charge in [0.15, 0.2) is 0 Å². The van der Waals surface area contributed by atoms with Gasteiger partial charge in [0, 0.05) is 31.4 Å². The van der Waals surface area contributed by atoms with Gasteiger partial charge in [-0.15, -0.1) is 0 Å². The van der Waals surface area contributed by atoms with E-state index in [2.05, 4.69) is 16.2 Å². The highest BCUT2D eigenvalue weighted by atomic mass is 19.1. The van der Waals surface area contributed by atoms with Gasteiger partial charge in [0.2, 0.25) is 0 Å². The second-order valence-corrected chi connectivity index (χ2v) is 8.45. The van der Waals surface area contributed by atoms with Crippen LogP contribution in [0.1, 0.15) is 31.4 Å². The lowest BCUT2D eigenvalue weighted by Gasteiger charge is -2.17. The van der Waals surface area contributed by atoms with Crippen LogP contribution in [-0.4, -0.2) is 52.4 Å². The minimum absolute atomic E-state index is 0.0499. The molecule has 0 atom stereocenters. The lowest BCUT2D eigenvalue weighted by atomic mass is 10.1. The summed E-state index contributed by atoms with van der Waals surface area (Å²) >= 11 is 0. The first kappa shape index (κ1) is 22.7. The van der Waals surface area contributed by atoms with E-state index in [1.807, 2.05) is 42.8 Å². The van der Waals surface area contributed by atoms with Crippen molar-refractivity contribution in [2.24, 2.45) is 0 Å². The van der Waals surface area contributed by atoms with E-state index >= 15 is 0 Å². The highest BCUT2D eigenvalue weighted by Gasteiger charge is 2.26. The summed E-state index contributed by atoms with van der Waals surface area (Å²) in [5, 5.41) is 12.9. The highest BCUT2D eigenvalue weighted by Crippen LogP contribution is 2.35. The fourth-order valence-electron chi connectivity index (χ4n) is 3.89. The lowest BCUT2D eigenvalue weighted by Crippen LogP contribution is -2.21. The molecule has 1 aliphatic heterocycles. The number of benzene rings is 2. The Hall–Kier alpha value is -3.46. The molecule has 8 nitrogen and oxygen atoms in total. The molecule has 0 bridgehead atoms. The number of fused-ring (bicyclic) bond motifs is 1. The molecule has 4 rings (SSSR count). The van der Waals surface area contributed by atoms with Crippen LogP contribution in [0, 0.1) is 5.82 Å². The summed E-state index contributed by atoms with van der Waals surface area (Å²) in [6, 6.07) is 10.7. The summed E-state index contributed by atoms with van der Waals surface area (Å²) in [6.45, 7) is 5.61. The molecule has 174 valence electrons. The van der Waals surface area contributed by atoms with Gasteiger partial charge in [-0.25, -0.2) is 4.39 Å². The first-order valence-electron chi connectivity index (χ1n) is 10.9. The maximum absolute atomic E-state index is 14.6. The van der Waals surface area contributed by atoms with E-state index in [0.29, 0.717) is 31.3 Å². The van der Waals surface area contributed by atoms with Crippen molar-refractivity contribution in [1.29, 1.82) is 0 Å². The van der Waals surface area contributed by atoms with Gasteiger partial charge in [0.05, 0.1) is 18.1 Å². The molecular weight excluding hydrogens is 427 g/mol. The number of halogens is 1. The molecule has 2 aromatic carbocycles. The number of nitrogens with zero attached hydrogens (tertiary/aromatic N) is 4. The predicted octanol–water partition coefficient (Wildman–Crippen LogP) is 4.26. The molecule has 9 heteroatoms. The Morgan fingerprint density at radius 1 is 1.30 bits per heavy atom. The molecule has 0 radical (unpaired) electrons. The van der Waals surface area contributed by atoms with E-state index in [0.717, 1.165) is 23.2 Å². The van der Waals surface area contributed by atoms with Crippen molar-refractivity contribution in [1.82, 2.24) is 15.0 Å². The van der Waals surface area contributed by atoms with Crippen LogP contribution in [0.4, 0.5) is 16.0 Å². The third-order valence-electron chi connectivity index (χ3n) is 5.40.